The van der Waals surface area contributed by atoms with Crippen molar-refractivity contribution in [3.05, 3.63) is 16.1 Å². The summed E-state index contributed by atoms with van der Waals surface area (Å²) in [7, 11) is 0. The zero-order chi connectivity index (χ0) is 12.7. The first-order valence-electron chi connectivity index (χ1n) is 5.65. The number of thioether (sulfide) groups is 1. The normalized spacial score (nSPS) is 12.4. The maximum Gasteiger partial charge on any atom is 0.271 e. The molecule has 0 aliphatic carbocycles. The minimum atomic E-state index is -0.0783. The monoisotopic (exact) mass is 273 g/mol. The van der Waals surface area contributed by atoms with E-state index in [1.54, 1.807) is 17.1 Å². The number of carbonyl (C=O) groups excluding carboxylic acids is 1. The lowest BCUT2D eigenvalue weighted by molar-refractivity contribution is 0.0935. The average molecular weight is 273 g/mol. The summed E-state index contributed by atoms with van der Waals surface area (Å²) in [4.78, 5) is 16.2. The fraction of sp³-hybridized carbons (Fsp3) is 0.636. The Morgan fingerprint density at radius 3 is 3.06 bits per heavy atom. The molecule has 1 atom stereocenters. The van der Waals surface area contributed by atoms with Crippen molar-refractivity contribution in [2.75, 3.05) is 18.6 Å². The van der Waals surface area contributed by atoms with E-state index in [1.165, 1.54) is 11.3 Å². The number of hydrogen-bond acceptors (Lipinski definition) is 5. The molecule has 0 aliphatic rings. The third-order valence-corrected chi connectivity index (χ3v) is 3.98. The summed E-state index contributed by atoms with van der Waals surface area (Å²) in [6.45, 7) is 2.64. The van der Waals surface area contributed by atoms with Crippen LogP contribution in [0, 0.1) is 0 Å². The van der Waals surface area contributed by atoms with E-state index in [0.29, 0.717) is 12.2 Å². The van der Waals surface area contributed by atoms with Gasteiger partial charge in [0.15, 0.2) is 0 Å². The number of rotatable bonds is 7. The minimum absolute atomic E-state index is 0.0783. The SMILES string of the molecule is CCC(CSC)NC(=O)c1csc(CCN)n1. The summed E-state index contributed by atoms with van der Waals surface area (Å²) in [5.74, 6) is 0.854. The van der Waals surface area contributed by atoms with E-state index in [-0.39, 0.29) is 11.9 Å². The molecule has 3 N–H and O–H groups in total. The van der Waals surface area contributed by atoms with E-state index < -0.39 is 0 Å². The van der Waals surface area contributed by atoms with Gasteiger partial charge in [-0.25, -0.2) is 4.98 Å². The zero-order valence-electron chi connectivity index (χ0n) is 10.2. The Morgan fingerprint density at radius 2 is 2.47 bits per heavy atom. The molecule has 1 amide bonds. The second-order valence-electron chi connectivity index (χ2n) is 3.70. The van der Waals surface area contributed by atoms with Gasteiger partial charge in [0.25, 0.3) is 5.91 Å². The first-order chi connectivity index (χ1) is 8.21. The van der Waals surface area contributed by atoms with Gasteiger partial charge in [0.1, 0.15) is 5.69 Å². The molecule has 0 saturated carbocycles. The first kappa shape index (κ1) is 14.5. The van der Waals surface area contributed by atoms with Gasteiger partial charge in [-0.05, 0) is 19.2 Å². The van der Waals surface area contributed by atoms with Crippen LogP contribution < -0.4 is 11.1 Å². The predicted octanol–water partition coefficient (Wildman–Crippen LogP) is 1.52. The number of nitrogens with zero attached hydrogens (tertiary/aromatic N) is 1. The molecule has 0 spiro atoms. The second-order valence-corrected chi connectivity index (χ2v) is 5.55. The van der Waals surface area contributed by atoms with E-state index in [9.17, 15) is 4.79 Å². The summed E-state index contributed by atoms with van der Waals surface area (Å²) in [5, 5.41) is 5.72. The molecule has 0 aliphatic heterocycles. The molecule has 4 nitrogen and oxygen atoms in total. The van der Waals surface area contributed by atoms with Crippen LogP contribution in [0.4, 0.5) is 0 Å². The van der Waals surface area contributed by atoms with Crippen LogP contribution in [0.2, 0.25) is 0 Å². The Balaban J connectivity index is 2.55. The van der Waals surface area contributed by atoms with Crippen molar-refractivity contribution in [3.63, 3.8) is 0 Å². The van der Waals surface area contributed by atoms with Crippen molar-refractivity contribution in [2.24, 2.45) is 5.73 Å². The summed E-state index contributed by atoms with van der Waals surface area (Å²) in [6.07, 6.45) is 3.71. The number of nitrogens with two attached hydrogens (primary N) is 1. The molecule has 1 heterocycles. The number of amides is 1. The van der Waals surface area contributed by atoms with Gasteiger partial charge in [-0.15, -0.1) is 11.3 Å². The van der Waals surface area contributed by atoms with Crippen molar-refractivity contribution in [1.29, 1.82) is 0 Å². The summed E-state index contributed by atoms with van der Waals surface area (Å²) >= 11 is 3.23. The fourth-order valence-electron chi connectivity index (χ4n) is 1.38. The molecule has 0 radical (unpaired) electrons. The Hall–Kier alpha value is -0.590. The molecule has 1 rings (SSSR count). The molecule has 17 heavy (non-hydrogen) atoms. The molecule has 1 aromatic heterocycles. The molecular formula is C11H19N3OS2. The smallest absolute Gasteiger partial charge is 0.271 e. The van der Waals surface area contributed by atoms with Crippen molar-refractivity contribution < 1.29 is 4.79 Å². The van der Waals surface area contributed by atoms with Crippen LogP contribution in [0.3, 0.4) is 0 Å². The van der Waals surface area contributed by atoms with Crippen molar-refractivity contribution in [3.8, 4) is 0 Å². The minimum Gasteiger partial charge on any atom is -0.347 e. The highest BCUT2D eigenvalue weighted by molar-refractivity contribution is 7.98. The van der Waals surface area contributed by atoms with E-state index in [4.69, 9.17) is 5.73 Å². The van der Waals surface area contributed by atoms with Gasteiger partial charge < -0.3 is 11.1 Å². The lowest BCUT2D eigenvalue weighted by atomic mass is 10.2. The Labute approximate surface area is 110 Å². The highest BCUT2D eigenvalue weighted by atomic mass is 32.2. The van der Waals surface area contributed by atoms with Crippen LogP contribution in [-0.2, 0) is 6.42 Å². The average Bonchev–Trinajstić information content (AvgIpc) is 2.77. The van der Waals surface area contributed by atoms with Crippen LogP contribution in [0.1, 0.15) is 28.8 Å². The maximum absolute atomic E-state index is 11.9. The second kappa shape index (κ2) is 7.68. The third kappa shape index (κ3) is 4.65. The molecular weight excluding hydrogens is 254 g/mol. The van der Waals surface area contributed by atoms with Gasteiger partial charge in [0, 0.05) is 23.6 Å². The lowest BCUT2D eigenvalue weighted by Crippen LogP contribution is -2.36. The van der Waals surface area contributed by atoms with Gasteiger partial charge in [0.2, 0.25) is 0 Å². The standard InChI is InChI=1S/C11H19N3OS2/c1-3-8(6-16-2)13-11(15)9-7-17-10(14-9)4-5-12/h7-8H,3-6,12H2,1-2H3,(H,13,15). The molecule has 6 heteroatoms. The van der Waals surface area contributed by atoms with E-state index in [0.717, 1.165) is 23.6 Å². The Kier molecular flexibility index (Phi) is 6.54. The molecule has 0 fully saturated rings. The molecule has 0 aromatic carbocycles. The van der Waals surface area contributed by atoms with Crippen molar-refractivity contribution in [1.82, 2.24) is 10.3 Å². The van der Waals surface area contributed by atoms with Crippen LogP contribution in [-0.4, -0.2) is 35.5 Å². The van der Waals surface area contributed by atoms with Crippen LogP contribution in [0.25, 0.3) is 0 Å². The highest BCUT2D eigenvalue weighted by Crippen LogP contribution is 2.10. The number of hydrogen-bond donors (Lipinski definition) is 2. The van der Waals surface area contributed by atoms with Gasteiger partial charge in [-0.3, -0.25) is 4.79 Å². The quantitative estimate of drug-likeness (QED) is 0.790. The van der Waals surface area contributed by atoms with Gasteiger partial charge in [0.05, 0.1) is 5.01 Å². The summed E-state index contributed by atoms with van der Waals surface area (Å²) < 4.78 is 0. The topological polar surface area (TPSA) is 68.0 Å². The molecule has 0 saturated heterocycles. The van der Waals surface area contributed by atoms with Crippen LogP contribution in [0.15, 0.2) is 5.38 Å². The number of nitrogens with one attached hydrogen (secondary N) is 1. The van der Waals surface area contributed by atoms with E-state index >= 15 is 0 Å². The van der Waals surface area contributed by atoms with Crippen molar-refractivity contribution >= 4 is 29.0 Å². The molecule has 1 aromatic rings. The number of aromatic nitrogens is 1. The maximum atomic E-state index is 11.9. The molecule has 1 unspecified atom stereocenters. The van der Waals surface area contributed by atoms with Gasteiger partial charge in [-0.1, -0.05) is 6.92 Å². The lowest BCUT2D eigenvalue weighted by Gasteiger charge is -2.14. The third-order valence-electron chi connectivity index (χ3n) is 2.34. The summed E-state index contributed by atoms with van der Waals surface area (Å²) in [5.41, 5.74) is 5.96. The number of thiazole rings is 1. The summed E-state index contributed by atoms with van der Waals surface area (Å²) in [6, 6.07) is 0.220. The molecule has 0 bridgehead atoms. The first-order valence-corrected chi connectivity index (χ1v) is 7.92. The predicted molar refractivity (Wildman–Crippen MR) is 74.8 cm³/mol. The Bertz CT molecular complexity index is 354. The van der Waals surface area contributed by atoms with E-state index in [2.05, 4.69) is 17.2 Å². The van der Waals surface area contributed by atoms with Crippen molar-refractivity contribution in [2.45, 2.75) is 25.8 Å². The largest absolute Gasteiger partial charge is 0.347 e. The number of carbonyl (C=O) groups is 1. The zero-order valence-corrected chi connectivity index (χ0v) is 11.9. The van der Waals surface area contributed by atoms with E-state index in [1.807, 2.05) is 6.26 Å². The fourth-order valence-corrected chi connectivity index (χ4v) is 2.89. The Morgan fingerprint density at radius 1 is 1.71 bits per heavy atom. The molecule has 96 valence electrons. The van der Waals surface area contributed by atoms with Gasteiger partial charge in [-0.2, -0.15) is 11.8 Å². The van der Waals surface area contributed by atoms with Crippen LogP contribution in [0.5, 0.6) is 0 Å². The highest BCUT2D eigenvalue weighted by Gasteiger charge is 2.14. The van der Waals surface area contributed by atoms with Gasteiger partial charge >= 0.3 is 0 Å². The van der Waals surface area contributed by atoms with Crippen LogP contribution >= 0.6 is 23.1 Å².